The van der Waals surface area contributed by atoms with Crippen molar-refractivity contribution in [3.63, 3.8) is 0 Å². The summed E-state index contributed by atoms with van der Waals surface area (Å²) in [5.41, 5.74) is 1.02. The summed E-state index contributed by atoms with van der Waals surface area (Å²) in [7, 11) is 4.58. The van der Waals surface area contributed by atoms with E-state index in [-0.39, 0.29) is 12.3 Å². The van der Waals surface area contributed by atoms with Gasteiger partial charge in [0.05, 0.1) is 20.1 Å². The summed E-state index contributed by atoms with van der Waals surface area (Å²) in [6.45, 7) is 1.11. The third-order valence-corrected chi connectivity index (χ3v) is 2.83. The van der Waals surface area contributed by atoms with Gasteiger partial charge in [-0.25, -0.2) is 0 Å². The molecule has 1 aromatic carbocycles. The summed E-state index contributed by atoms with van der Waals surface area (Å²) in [6, 6.07) is 9.83. The van der Waals surface area contributed by atoms with E-state index < -0.39 is 0 Å². The van der Waals surface area contributed by atoms with Gasteiger partial charge in [0.1, 0.15) is 0 Å². The first kappa shape index (κ1) is 15.5. The van der Waals surface area contributed by atoms with Gasteiger partial charge in [-0.2, -0.15) is 0 Å². The molecule has 0 atom stereocenters. The number of anilines is 1. The molecule has 0 spiro atoms. The minimum absolute atomic E-state index is 0.229. The lowest BCUT2D eigenvalue weighted by atomic mass is 10.2. The number of para-hydroxylation sites is 1. The largest absolute Gasteiger partial charge is 0.469 e. The third-order valence-electron chi connectivity index (χ3n) is 2.83. The molecule has 5 nitrogen and oxygen atoms in total. The lowest BCUT2D eigenvalue weighted by molar-refractivity contribution is -0.140. The van der Waals surface area contributed by atoms with Gasteiger partial charge >= 0.3 is 5.97 Å². The van der Waals surface area contributed by atoms with Crippen LogP contribution in [-0.4, -0.2) is 46.7 Å². The van der Waals surface area contributed by atoms with Gasteiger partial charge in [-0.1, -0.05) is 18.2 Å². The van der Waals surface area contributed by atoms with E-state index in [0.717, 1.165) is 5.69 Å². The van der Waals surface area contributed by atoms with Crippen LogP contribution in [0.5, 0.6) is 0 Å². The Morgan fingerprint density at radius 2 is 1.79 bits per heavy atom. The number of hydrogen-bond acceptors (Lipinski definition) is 5. The molecule has 0 unspecified atom stereocenters. The Balaban J connectivity index is 2.70. The highest BCUT2D eigenvalue weighted by Gasteiger charge is 2.15. The number of ether oxygens (including phenoxy) is 3. The minimum Gasteiger partial charge on any atom is -0.469 e. The van der Waals surface area contributed by atoms with E-state index >= 15 is 0 Å². The molecule has 0 amide bonds. The zero-order valence-corrected chi connectivity index (χ0v) is 11.7. The highest BCUT2D eigenvalue weighted by atomic mass is 16.7. The monoisotopic (exact) mass is 267 g/mol. The molecule has 0 fully saturated rings. The molecule has 0 aliphatic rings. The Bertz CT molecular complexity index is 365. The van der Waals surface area contributed by atoms with E-state index in [1.54, 1.807) is 14.2 Å². The maximum Gasteiger partial charge on any atom is 0.307 e. The highest BCUT2D eigenvalue weighted by Crippen LogP contribution is 2.15. The average molecular weight is 267 g/mol. The summed E-state index contributed by atoms with van der Waals surface area (Å²) in [4.78, 5) is 13.3. The lowest BCUT2D eigenvalue weighted by Crippen LogP contribution is -2.36. The van der Waals surface area contributed by atoms with Crippen molar-refractivity contribution in [1.82, 2.24) is 0 Å². The van der Waals surface area contributed by atoms with Crippen molar-refractivity contribution in [2.45, 2.75) is 12.7 Å². The topological polar surface area (TPSA) is 48.0 Å². The number of methoxy groups -OCH3 is 3. The predicted molar refractivity (Wildman–Crippen MR) is 73.1 cm³/mol. The maximum absolute atomic E-state index is 11.3. The molecule has 0 aromatic heterocycles. The fourth-order valence-corrected chi connectivity index (χ4v) is 1.72. The third kappa shape index (κ3) is 5.28. The van der Waals surface area contributed by atoms with Crippen molar-refractivity contribution in [2.24, 2.45) is 0 Å². The fraction of sp³-hybridized carbons (Fsp3) is 0.500. The van der Waals surface area contributed by atoms with Crippen LogP contribution in [0.3, 0.4) is 0 Å². The van der Waals surface area contributed by atoms with Gasteiger partial charge in [0.15, 0.2) is 6.29 Å². The van der Waals surface area contributed by atoms with E-state index in [4.69, 9.17) is 9.47 Å². The quantitative estimate of drug-likeness (QED) is 0.530. The first-order chi connectivity index (χ1) is 9.21. The molecular formula is C14H21NO4. The predicted octanol–water partition coefficient (Wildman–Crippen LogP) is 1.67. The first-order valence-corrected chi connectivity index (χ1v) is 6.13. The van der Waals surface area contributed by atoms with Gasteiger partial charge in [0.25, 0.3) is 0 Å². The van der Waals surface area contributed by atoms with Crippen LogP contribution in [0.25, 0.3) is 0 Å². The molecule has 0 aliphatic carbocycles. The van der Waals surface area contributed by atoms with E-state index in [1.807, 2.05) is 35.2 Å². The van der Waals surface area contributed by atoms with Crippen LogP contribution in [0, 0.1) is 0 Å². The van der Waals surface area contributed by atoms with Gasteiger partial charge in [-0.05, 0) is 12.1 Å². The van der Waals surface area contributed by atoms with Crippen molar-refractivity contribution in [2.75, 3.05) is 39.3 Å². The van der Waals surface area contributed by atoms with E-state index in [9.17, 15) is 4.79 Å². The van der Waals surface area contributed by atoms with Gasteiger partial charge in [0, 0.05) is 26.5 Å². The zero-order chi connectivity index (χ0) is 14.1. The smallest absolute Gasteiger partial charge is 0.307 e. The van der Waals surface area contributed by atoms with Gasteiger partial charge in [-0.3, -0.25) is 4.79 Å². The number of nitrogens with zero attached hydrogens (tertiary/aromatic N) is 1. The number of rotatable bonds is 8. The first-order valence-electron chi connectivity index (χ1n) is 6.13. The second kappa shape index (κ2) is 8.50. The Kier molecular flexibility index (Phi) is 6.92. The summed E-state index contributed by atoms with van der Waals surface area (Å²) in [6.07, 6.45) is -0.0104. The van der Waals surface area contributed by atoms with Crippen LogP contribution in [0.15, 0.2) is 30.3 Å². The minimum atomic E-state index is -0.335. The molecular weight excluding hydrogens is 246 g/mol. The maximum atomic E-state index is 11.3. The summed E-state index contributed by atoms with van der Waals surface area (Å²) < 4.78 is 15.1. The van der Waals surface area contributed by atoms with Gasteiger partial charge < -0.3 is 19.1 Å². The molecule has 0 aliphatic heterocycles. The number of benzene rings is 1. The van der Waals surface area contributed by atoms with E-state index in [1.165, 1.54) is 7.11 Å². The number of carbonyl (C=O) groups is 1. The van der Waals surface area contributed by atoms with Crippen molar-refractivity contribution in [3.8, 4) is 0 Å². The average Bonchev–Trinajstić information content (AvgIpc) is 2.48. The van der Waals surface area contributed by atoms with Crippen LogP contribution in [0.4, 0.5) is 5.69 Å². The molecule has 106 valence electrons. The van der Waals surface area contributed by atoms with E-state index in [2.05, 4.69) is 4.74 Å². The molecule has 0 heterocycles. The summed E-state index contributed by atoms with van der Waals surface area (Å²) in [5, 5.41) is 0. The second-order valence-electron chi connectivity index (χ2n) is 4.01. The van der Waals surface area contributed by atoms with E-state index in [0.29, 0.717) is 19.5 Å². The molecule has 0 N–H and O–H groups in total. The molecule has 0 radical (unpaired) electrons. The molecule has 1 aromatic rings. The number of hydrogen-bond donors (Lipinski definition) is 0. The standard InChI is InChI=1S/C14H21NO4/c1-17-13(16)9-10-15(11-14(18-2)19-3)12-7-5-4-6-8-12/h4-8,14H,9-11H2,1-3H3. The summed E-state index contributed by atoms with van der Waals surface area (Å²) in [5.74, 6) is -0.229. The molecule has 0 bridgehead atoms. The Morgan fingerprint density at radius 3 is 2.32 bits per heavy atom. The normalized spacial score (nSPS) is 10.5. The fourth-order valence-electron chi connectivity index (χ4n) is 1.72. The van der Waals surface area contributed by atoms with Crippen molar-refractivity contribution < 1.29 is 19.0 Å². The molecule has 1 rings (SSSR count). The Labute approximate surface area is 114 Å². The van der Waals surface area contributed by atoms with Crippen LogP contribution in [0.1, 0.15) is 6.42 Å². The number of esters is 1. The Hall–Kier alpha value is -1.59. The zero-order valence-electron chi connectivity index (χ0n) is 11.7. The molecule has 5 heteroatoms. The van der Waals surface area contributed by atoms with Crippen molar-refractivity contribution >= 4 is 11.7 Å². The molecule has 19 heavy (non-hydrogen) atoms. The van der Waals surface area contributed by atoms with Crippen LogP contribution < -0.4 is 4.90 Å². The van der Waals surface area contributed by atoms with Crippen LogP contribution in [-0.2, 0) is 19.0 Å². The molecule has 0 saturated heterocycles. The molecule has 0 saturated carbocycles. The summed E-state index contributed by atoms with van der Waals surface area (Å²) >= 11 is 0. The van der Waals surface area contributed by atoms with Crippen molar-refractivity contribution in [1.29, 1.82) is 0 Å². The van der Waals surface area contributed by atoms with Gasteiger partial charge in [0.2, 0.25) is 0 Å². The van der Waals surface area contributed by atoms with Gasteiger partial charge in [-0.15, -0.1) is 0 Å². The highest BCUT2D eigenvalue weighted by molar-refractivity contribution is 5.70. The van der Waals surface area contributed by atoms with Crippen LogP contribution in [0.2, 0.25) is 0 Å². The van der Waals surface area contributed by atoms with Crippen molar-refractivity contribution in [3.05, 3.63) is 30.3 Å². The SMILES string of the molecule is COC(=O)CCN(CC(OC)OC)c1ccccc1. The van der Waals surface area contributed by atoms with Crippen LogP contribution >= 0.6 is 0 Å². The number of carbonyl (C=O) groups excluding carboxylic acids is 1. The second-order valence-corrected chi connectivity index (χ2v) is 4.01. The lowest BCUT2D eigenvalue weighted by Gasteiger charge is -2.27. The Morgan fingerprint density at radius 1 is 1.16 bits per heavy atom.